The van der Waals surface area contributed by atoms with Gasteiger partial charge in [0.1, 0.15) is 0 Å². The molecule has 1 amide bonds. The number of hydrogen-bond donors (Lipinski definition) is 3. The number of benzene rings is 2. The van der Waals surface area contributed by atoms with Crippen LogP contribution in [0.4, 0.5) is 17.1 Å². The molecule has 0 aliphatic carbocycles. The average molecular weight is 276 g/mol. The summed E-state index contributed by atoms with van der Waals surface area (Å²) in [5.41, 5.74) is 14.3. The fourth-order valence-corrected chi connectivity index (χ4v) is 1.95. The number of rotatable bonds is 3. The Labute approximate surface area is 116 Å². The largest absolute Gasteiger partial charge is 0.397 e. The average Bonchev–Trinajstić information content (AvgIpc) is 2.35. The monoisotopic (exact) mass is 275 g/mol. The van der Waals surface area contributed by atoms with E-state index in [1.54, 1.807) is 30.3 Å². The van der Waals surface area contributed by atoms with Crippen molar-refractivity contribution in [3.05, 3.63) is 52.5 Å². The van der Waals surface area contributed by atoms with Gasteiger partial charge < -0.3 is 16.8 Å². The first-order valence-corrected chi connectivity index (χ1v) is 6.08. The van der Waals surface area contributed by atoms with Gasteiger partial charge in [0.15, 0.2) is 0 Å². The lowest BCUT2D eigenvalue weighted by atomic mass is 10.1. The molecule has 0 fully saturated rings. The molecule has 4 nitrogen and oxygen atoms in total. The summed E-state index contributed by atoms with van der Waals surface area (Å²) in [7, 11) is 0. The second-order valence-electron chi connectivity index (χ2n) is 4.22. The van der Waals surface area contributed by atoms with E-state index in [0.29, 0.717) is 22.0 Å². The maximum atomic E-state index is 11.4. The molecule has 5 heteroatoms. The highest BCUT2D eigenvalue weighted by Crippen LogP contribution is 2.30. The normalized spacial score (nSPS) is 10.2. The molecule has 0 aromatic heterocycles. The molecule has 98 valence electrons. The second-order valence-corrected chi connectivity index (χ2v) is 4.65. The third-order valence-corrected chi connectivity index (χ3v) is 3.06. The number of carbonyl (C=O) groups is 1. The summed E-state index contributed by atoms with van der Waals surface area (Å²) in [4.78, 5) is 11.4. The molecule has 0 aliphatic rings. The number of halogens is 1. The van der Waals surface area contributed by atoms with Crippen molar-refractivity contribution in [2.24, 2.45) is 5.73 Å². The van der Waals surface area contributed by atoms with Crippen molar-refractivity contribution < 1.29 is 4.79 Å². The zero-order valence-electron chi connectivity index (χ0n) is 10.4. The number of carbonyl (C=O) groups excluding carboxylic acids is 1. The number of primary amides is 1. The van der Waals surface area contributed by atoms with Crippen LogP contribution in [-0.2, 0) is 0 Å². The van der Waals surface area contributed by atoms with Crippen LogP contribution in [0.3, 0.4) is 0 Å². The minimum absolute atomic E-state index is 0.347. The molecular weight excluding hydrogens is 262 g/mol. The van der Waals surface area contributed by atoms with Gasteiger partial charge >= 0.3 is 0 Å². The Hall–Kier alpha value is -2.20. The minimum Gasteiger partial charge on any atom is -0.397 e. The van der Waals surface area contributed by atoms with Gasteiger partial charge in [0.05, 0.1) is 16.9 Å². The Morgan fingerprint density at radius 3 is 2.68 bits per heavy atom. The highest BCUT2D eigenvalue weighted by atomic mass is 35.5. The highest BCUT2D eigenvalue weighted by molar-refractivity contribution is 6.30. The highest BCUT2D eigenvalue weighted by Gasteiger charge is 2.12. The lowest BCUT2D eigenvalue weighted by Crippen LogP contribution is -2.14. The van der Waals surface area contributed by atoms with E-state index in [0.717, 1.165) is 11.3 Å². The Bertz CT molecular complexity index is 641. The summed E-state index contributed by atoms with van der Waals surface area (Å²) in [6.07, 6.45) is 0. The number of nitrogens with two attached hydrogens (primary N) is 2. The summed E-state index contributed by atoms with van der Waals surface area (Å²) in [6.45, 7) is 1.93. The van der Waals surface area contributed by atoms with Crippen molar-refractivity contribution in [2.45, 2.75) is 6.92 Å². The summed E-state index contributed by atoms with van der Waals surface area (Å²) in [5, 5.41) is 3.72. The topological polar surface area (TPSA) is 81.1 Å². The van der Waals surface area contributed by atoms with Crippen LogP contribution >= 0.6 is 11.6 Å². The molecule has 0 atom stereocenters. The molecule has 5 N–H and O–H groups in total. The van der Waals surface area contributed by atoms with Crippen molar-refractivity contribution >= 4 is 34.6 Å². The van der Waals surface area contributed by atoms with Crippen molar-refractivity contribution in [2.75, 3.05) is 11.1 Å². The number of para-hydroxylation sites is 1. The number of nitrogen functional groups attached to an aromatic ring is 1. The smallest absolute Gasteiger partial charge is 0.250 e. The maximum Gasteiger partial charge on any atom is 0.250 e. The Morgan fingerprint density at radius 2 is 2.00 bits per heavy atom. The van der Waals surface area contributed by atoms with Crippen LogP contribution in [0.2, 0.25) is 5.02 Å². The predicted molar refractivity (Wildman–Crippen MR) is 78.8 cm³/mol. The number of anilines is 3. The van der Waals surface area contributed by atoms with Gasteiger partial charge in [-0.15, -0.1) is 0 Å². The first-order chi connectivity index (χ1) is 8.99. The SMILES string of the molecule is Cc1ccc(Cl)cc1Nc1c(N)cccc1C(N)=O. The van der Waals surface area contributed by atoms with Gasteiger partial charge in [0.2, 0.25) is 0 Å². The van der Waals surface area contributed by atoms with Crippen LogP contribution in [-0.4, -0.2) is 5.91 Å². The van der Waals surface area contributed by atoms with Crippen LogP contribution in [0, 0.1) is 6.92 Å². The van der Waals surface area contributed by atoms with E-state index in [1.807, 2.05) is 13.0 Å². The van der Waals surface area contributed by atoms with E-state index in [-0.39, 0.29) is 0 Å². The Morgan fingerprint density at radius 1 is 1.26 bits per heavy atom. The molecular formula is C14H14ClN3O. The van der Waals surface area contributed by atoms with Gasteiger partial charge in [0.25, 0.3) is 5.91 Å². The van der Waals surface area contributed by atoms with Gasteiger partial charge in [-0.2, -0.15) is 0 Å². The summed E-state index contributed by atoms with van der Waals surface area (Å²) in [6, 6.07) is 10.5. The molecule has 0 spiro atoms. The van der Waals surface area contributed by atoms with Crippen molar-refractivity contribution in [3.63, 3.8) is 0 Å². The third kappa shape index (κ3) is 2.80. The fourth-order valence-electron chi connectivity index (χ4n) is 1.78. The maximum absolute atomic E-state index is 11.4. The first-order valence-electron chi connectivity index (χ1n) is 5.70. The van der Waals surface area contributed by atoms with E-state index in [2.05, 4.69) is 5.32 Å². The third-order valence-electron chi connectivity index (χ3n) is 2.82. The molecule has 0 saturated heterocycles. The molecule has 0 radical (unpaired) electrons. The molecule has 0 aliphatic heterocycles. The molecule has 2 aromatic rings. The number of aryl methyl sites for hydroxylation is 1. The second kappa shape index (κ2) is 5.20. The van der Waals surface area contributed by atoms with Crippen molar-refractivity contribution in [3.8, 4) is 0 Å². The Kier molecular flexibility index (Phi) is 3.62. The molecule has 0 bridgehead atoms. The summed E-state index contributed by atoms with van der Waals surface area (Å²) >= 11 is 5.96. The zero-order chi connectivity index (χ0) is 14.0. The minimum atomic E-state index is -0.533. The van der Waals surface area contributed by atoms with E-state index in [4.69, 9.17) is 23.1 Å². The van der Waals surface area contributed by atoms with Crippen molar-refractivity contribution in [1.82, 2.24) is 0 Å². The van der Waals surface area contributed by atoms with E-state index >= 15 is 0 Å². The Balaban J connectivity index is 2.49. The standard InChI is InChI=1S/C14H14ClN3O/c1-8-5-6-9(15)7-12(8)18-13-10(14(17)19)3-2-4-11(13)16/h2-7,18H,16H2,1H3,(H2,17,19). The van der Waals surface area contributed by atoms with Gasteiger partial charge in [-0.3, -0.25) is 4.79 Å². The molecule has 0 heterocycles. The van der Waals surface area contributed by atoms with Crippen LogP contribution in [0.1, 0.15) is 15.9 Å². The quantitative estimate of drug-likeness (QED) is 0.753. The molecule has 19 heavy (non-hydrogen) atoms. The van der Waals surface area contributed by atoms with Crippen LogP contribution < -0.4 is 16.8 Å². The van der Waals surface area contributed by atoms with Gasteiger partial charge in [-0.1, -0.05) is 23.7 Å². The van der Waals surface area contributed by atoms with Crippen LogP contribution in [0.15, 0.2) is 36.4 Å². The van der Waals surface area contributed by atoms with E-state index in [1.165, 1.54) is 0 Å². The summed E-state index contributed by atoms with van der Waals surface area (Å²) < 4.78 is 0. The van der Waals surface area contributed by atoms with Gasteiger partial charge in [-0.05, 0) is 36.8 Å². The van der Waals surface area contributed by atoms with Crippen LogP contribution in [0.5, 0.6) is 0 Å². The van der Waals surface area contributed by atoms with Gasteiger partial charge in [0, 0.05) is 10.7 Å². The van der Waals surface area contributed by atoms with Crippen LogP contribution in [0.25, 0.3) is 0 Å². The molecule has 2 rings (SSSR count). The lowest BCUT2D eigenvalue weighted by Gasteiger charge is -2.14. The predicted octanol–water partition coefficient (Wildman–Crippen LogP) is 3.07. The number of amides is 1. The molecule has 2 aromatic carbocycles. The molecule has 0 saturated carbocycles. The molecule has 0 unspecified atom stereocenters. The number of hydrogen-bond acceptors (Lipinski definition) is 3. The number of nitrogens with one attached hydrogen (secondary N) is 1. The lowest BCUT2D eigenvalue weighted by molar-refractivity contribution is 0.100. The van der Waals surface area contributed by atoms with Crippen molar-refractivity contribution in [1.29, 1.82) is 0 Å². The fraction of sp³-hybridized carbons (Fsp3) is 0.0714. The first kappa shape index (κ1) is 13.2. The van der Waals surface area contributed by atoms with E-state index in [9.17, 15) is 4.79 Å². The summed E-state index contributed by atoms with van der Waals surface area (Å²) in [5.74, 6) is -0.533. The van der Waals surface area contributed by atoms with E-state index < -0.39 is 5.91 Å². The van der Waals surface area contributed by atoms with Gasteiger partial charge in [-0.25, -0.2) is 0 Å². The zero-order valence-corrected chi connectivity index (χ0v) is 11.2.